The van der Waals surface area contributed by atoms with Gasteiger partial charge in [0.2, 0.25) is 0 Å². The van der Waals surface area contributed by atoms with Crippen LogP contribution in [0.3, 0.4) is 0 Å². The Labute approximate surface area is 96.0 Å². The Hall–Kier alpha value is 0.191. The lowest BCUT2D eigenvalue weighted by Gasteiger charge is -2.29. The van der Waals surface area contributed by atoms with Gasteiger partial charge in [0, 0.05) is 21.3 Å². The molecule has 0 aromatic rings. The maximum Gasteiger partial charge on any atom is 0.510 e. The van der Waals surface area contributed by atoms with E-state index in [0.717, 1.165) is 0 Å². The SMILES string of the molecule is C=C[Si](OC)(O[SiH](C)OC)O[SiH](C)OC. The molecule has 0 bridgehead atoms. The van der Waals surface area contributed by atoms with Crippen LogP contribution in [0.2, 0.25) is 13.1 Å². The molecule has 0 radical (unpaired) electrons. The summed E-state index contributed by atoms with van der Waals surface area (Å²) < 4.78 is 27.0. The second kappa shape index (κ2) is 7.46. The summed E-state index contributed by atoms with van der Waals surface area (Å²) >= 11 is 0. The normalized spacial score (nSPS) is 19.3. The fraction of sp³-hybridized carbons (Fsp3) is 0.714. The first-order valence-electron chi connectivity index (χ1n) is 4.63. The van der Waals surface area contributed by atoms with Gasteiger partial charge in [0.1, 0.15) is 0 Å². The fourth-order valence-electron chi connectivity index (χ4n) is 0.862. The van der Waals surface area contributed by atoms with Crippen molar-refractivity contribution < 1.29 is 21.5 Å². The quantitative estimate of drug-likeness (QED) is 0.594. The molecular weight excluding hydrogens is 248 g/mol. The van der Waals surface area contributed by atoms with Crippen LogP contribution in [0.25, 0.3) is 0 Å². The van der Waals surface area contributed by atoms with Gasteiger partial charge in [-0.15, -0.1) is 0 Å². The van der Waals surface area contributed by atoms with Crippen LogP contribution in [0, 0.1) is 0 Å². The zero-order valence-electron chi connectivity index (χ0n) is 9.98. The molecule has 5 nitrogen and oxygen atoms in total. The van der Waals surface area contributed by atoms with E-state index in [1.54, 1.807) is 27.0 Å². The molecule has 0 spiro atoms. The molecule has 0 aliphatic carbocycles. The van der Waals surface area contributed by atoms with Crippen molar-refractivity contribution in [3.63, 3.8) is 0 Å². The third-order valence-corrected chi connectivity index (χ3v) is 9.54. The van der Waals surface area contributed by atoms with Crippen LogP contribution in [0.1, 0.15) is 0 Å². The second-order valence-corrected chi connectivity index (χ2v) is 9.98. The smallest absolute Gasteiger partial charge is 0.400 e. The molecular formula is C7H20O5Si3. The van der Waals surface area contributed by atoms with E-state index < -0.39 is 27.4 Å². The molecule has 0 aliphatic heterocycles. The lowest BCUT2D eigenvalue weighted by Crippen LogP contribution is -2.50. The Morgan fingerprint density at radius 3 is 1.60 bits per heavy atom. The summed E-state index contributed by atoms with van der Waals surface area (Å²) in [5.41, 5.74) is 1.61. The van der Waals surface area contributed by atoms with Crippen molar-refractivity contribution in [3.05, 3.63) is 12.3 Å². The van der Waals surface area contributed by atoms with Gasteiger partial charge in [-0.25, -0.2) is 0 Å². The summed E-state index contributed by atoms with van der Waals surface area (Å²) in [5.74, 6) is 0. The van der Waals surface area contributed by atoms with Gasteiger partial charge < -0.3 is 21.5 Å². The summed E-state index contributed by atoms with van der Waals surface area (Å²) in [6, 6.07) is 0. The van der Waals surface area contributed by atoms with Gasteiger partial charge >= 0.3 is 27.4 Å². The van der Waals surface area contributed by atoms with Crippen molar-refractivity contribution in [2.24, 2.45) is 0 Å². The average Bonchev–Trinajstić information content (AvgIpc) is 2.27. The zero-order valence-corrected chi connectivity index (χ0v) is 13.3. The van der Waals surface area contributed by atoms with Crippen LogP contribution >= 0.6 is 0 Å². The molecule has 0 amide bonds. The average molecular weight is 268 g/mol. The molecule has 0 saturated carbocycles. The van der Waals surface area contributed by atoms with Crippen LogP contribution in [-0.4, -0.2) is 48.7 Å². The van der Waals surface area contributed by atoms with Crippen molar-refractivity contribution in [2.75, 3.05) is 21.3 Å². The van der Waals surface area contributed by atoms with Crippen molar-refractivity contribution in [1.29, 1.82) is 0 Å². The van der Waals surface area contributed by atoms with Gasteiger partial charge in [0.25, 0.3) is 0 Å². The molecule has 2 atom stereocenters. The van der Waals surface area contributed by atoms with E-state index >= 15 is 0 Å². The van der Waals surface area contributed by atoms with Gasteiger partial charge in [0.15, 0.2) is 0 Å². The molecule has 0 rings (SSSR count). The fourth-order valence-corrected chi connectivity index (χ4v) is 7.76. The molecule has 0 aromatic carbocycles. The summed E-state index contributed by atoms with van der Waals surface area (Å²) in [5, 5.41) is 0. The molecule has 8 heteroatoms. The highest BCUT2D eigenvalue weighted by atomic mass is 28.5. The third-order valence-electron chi connectivity index (χ3n) is 1.86. The molecule has 0 N–H and O–H groups in total. The van der Waals surface area contributed by atoms with Gasteiger partial charge in [-0.2, -0.15) is 0 Å². The van der Waals surface area contributed by atoms with Crippen LogP contribution < -0.4 is 0 Å². The highest BCUT2D eigenvalue weighted by Gasteiger charge is 2.40. The molecule has 0 aliphatic rings. The number of hydrogen-bond donors (Lipinski definition) is 0. The predicted octanol–water partition coefficient (Wildman–Crippen LogP) is 0.323. The Kier molecular flexibility index (Phi) is 7.56. The standard InChI is InChI=1S/C7H20O5Si3/c1-7-15(10-4,11-13(5)8-2)12-14(6)9-3/h7,13-14H,1H2,2-6H3. The van der Waals surface area contributed by atoms with E-state index in [4.69, 9.17) is 21.5 Å². The zero-order chi connectivity index (χ0) is 11.9. The Balaban J connectivity index is 4.49. The minimum Gasteiger partial charge on any atom is -0.400 e. The first-order chi connectivity index (χ1) is 7.03. The van der Waals surface area contributed by atoms with Crippen LogP contribution in [-0.2, 0) is 21.5 Å². The third kappa shape index (κ3) is 5.17. The van der Waals surface area contributed by atoms with Crippen molar-refractivity contribution in [1.82, 2.24) is 0 Å². The van der Waals surface area contributed by atoms with Crippen LogP contribution in [0.4, 0.5) is 0 Å². The number of hydrogen-bond acceptors (Lipinski definition) is 5. The summed E-state index contributed by atoms with van der Waals surface area (Å²) in [7, 11) is -1.39. The Morgan fingerprint density at radius 2 is 1.40 bits per heavy atom. The lowest BCUT2D eigenvalue weighted by molar-refractivity contribution is 0.180. The van der Waals surface area contributed by atoms with Crippen LogP contribution in [0.15, 0.2) is 12.3 Å². The predicted molar refractivity (Wildman–Crippen MR) is 65.2 cm³/mol. The second-order valence-electron chi connectivity index (χ2n) is 2.85. The van der Waals surface area contributed by atoms with Crippen molar-refractivity contribution >= 4 is 27.4 Å². The van der Waals surface area contributed by atoms with Crippen LogP contribution in [0.5, 0.6) is 0 Å². The Morgan fingerprint density at radius 1 is 1.00 bits per heavy atom. The summed E-state index contributed by atoms with van der Waals surface area (Å²) in [6.45, 7) is 7.52. The van der Waals surface area contributed by atoms with E-state index in [1.165, 1.54) is 0 Å². The molecule has 15 heavy (non-hydrogen) atoms. The van der Waals surface area contributed by atoms with Gasteiger partial charge in [-0.1, -0.05) is 6.58 Å². The van der Waals surface area contributed by atoms with E-state index in [0.29, 0.717) is 0 Å². The first kappa shape index (κ1) is 15.2. The minimum absolute atomic E-state index is 1.56. The van der Waals surface area contributed by atoms with E-state index in [-0.39, 0.29) is 0 Å². The molecule has 0 saturated heterocycles. The topological polar surface area (TPSA) is 46.2 Å². The highest BCUT2D eigenvalue weighted by molar-refractivity contribution is 6.77. The molecule has 90 valence electrons. The molecule has 0 aromatic heterocycles. The largest absolute Gasteiger partial charge is 0.510 e. The summed E-state index contributed by atoms with van der Waals surface area (Å²) in [4.78, 5) is 0. The van der Waals surface area contributed by atoms with Crippen molar-refractivity contribution in [2.45, 2.75) is 13.1 Å². The lowest BCUT2D eigenvalue weighted by atomic mass is 11.3. The van der Waals surface area contributed by atoms with Gasteiger partial charge in [0.05, 0.1) is 0 Å². The molecule has 2 unspecified atom stereocenters. The van der Waals surface area contributed by atoms with Gasteiger partial charge in [-0.3, -0.25) is 0 Å². The molecule has 0 fully saturated rings. The minimum atomic E-state index is -2.77. The Bertz CT molecular complexity index is 179. The first-order valence-corrected chi connectivity index (χ1v) is 10.6. The van der Waals surface area contributed by atoms with E-state index in [2.05, 4.69) is 6.58 Å². The monoisotopic (exact) mass is 268 g/mol. The summed E-state index contributed by atoms with van der Waals surface area (Å²) in [6.07, 6.45) is 0. The maximum absolute atomic E-state index is 5.71. The van der Waals surface area contributed by atoms with Gasteiger partial charge in [-0.05, 0) is 18.8 Å². The number of rotatable bonds is 8. The van der Waals surface area contributed by atoms with Crippen molar-refractivity contribution in [3.8, 4) is 0 Å². The maximum atomic E-state index is 5.71. The highest BCUT2D eigenvalue weighted by Crippen LogP contribution is 2.13. The van der Waals surface area contributed by atoms with E-state index in [9.17, 15) is 0 Å². The molecule has 0 heterocycles. The van der Waals surface area contributed by atoms with E-state index in [1.807, 2.05) is 13.1 Å².